The van der Waals surface area contributed by atoms with Gasteiger partial charge in [-0.15, -0.1) is 0 Å². The number of rotatable bonds is 12. The van der Waals surface area contributed by atoms with Crippen molar-refractivity contribution in [2.24, 2.45) is 5.73 Å². The number of hydrogen-bond acceptors (Lipinski definition) is 8. The Morgan fingerprint density at radius 2 is 1.90 bits per heavy atom. The van der Waals surface area contributed by atoms with Crippen LogP contribution in [0.2, 0.25) is 5.15 Å². The summed E-state index contributed by atoms with van der Waals surface area (Å²) in [6.45, 7) is 8.80. The average Bonchev–Trinajstić information content (AvgIpc) is 2.96. The van der Waals surface area contributed by atoms with Gasteiger partial charge in [0.2, 0.25) is 0 Å². The van der Waals surface area contributed by atoms with Crippen LogP contribution in [0.25, 0.3) is 5.70 Å². The van der Waals surface area contributed by atoms with E-state index in [1.165, 1.54) is 5.56 Å². The van der Waals surface area contributed by atoms with Crippen LogP contribution < -0.4 is 26.0 Å². The second kappa shape index (κ2) is 14.3. The minimum Gasteiger partial charge on any atom is -0.495 e. The van der Waals surface area contributed by atoms with Crippen molar-refractivity contribution in [3.63, 3.8) is 0 Å². The number of hydrogen-bond donors (Lipinski definition) is 3. The lowest BCUT2D eigenvalue weighted by Gasteiger charge is -2.35. The fraction of sp³-hybridized carbons (Fsp3) is 0.345. The molecule has 1 aromatic heterocycles. The lowest BCUT2D eigenvalue weighted by atomic mass is 10.1. The van der Waals surface area contributed by atoms with Crippen molar-refractivity contribution in [3.05, 3.63) is 83.0 Å². The molecule has 220 valence electrons. The quantitative estimate of drug-likeness (QED) is 0.129. The summed E-state index contributed by atoms with van der Waals surface area (Å²) < 4.78 is 47.5. The number of ether oxygens (including phenoxy) is 1. The number of halogens is 4. The van der Waals surface area contributed by atoms with Gasteiger partial charge in [-0.1, -0.05) is 36.4 Å². The summed E-state index contributed by atoms with van der Waals surface area (Å²) in [6, 6.07) is 16.0. The van der Waals surface area contributed by atoms with Gasteiger partial charge in [0, 0.05) is 50.2 Å². The maximum Gasteiger partial charge on any atom is 0.416 e. The monoisotopic (exact) mass is 606 g/mol. The van der Waals surface area contributed by atoms with Crippen LogP contribution in [0.5, 0.6) is 5.75 Å². The Bertz CT molecular complexity index is 1330. The standard InChI is InChI=1S/C29H34ClF3N6OS/c1-20(22-6-3-5-21(15-22)19-35-10-4-9-34)36-24-7-8-26(25(18-24)40-2)41-39-13-11-38(12-14-39)28-17-23(29(31,32)33)16-27(30)37-28/h3,5-8,15-18,35-36H,1,4,9-14,19,34H2,2H3. The Hall–Kier alpha value is -2.96. The fourth-order valence-electron chi connectivity index (χ4n) is 4.35. The van der Waals surface area contributed by atoms with Crippen LogP contribution in [0.15, 0.2) is 66.1 Å². The Morgan fingerprint density at radius 1 is 1.12 bits per heavy atom. The molecule has 0 unspecified atom stereocenters. The van der Waals surface area contributed by atoms with Gasteiger partial charge in [0.05, 0.1) is 17.6 Å². The van der Waals surface area contributed by atoms with E-state index in [0.29, 0.717) is 38.5 Å². The van der Waals surface area contributed by atoms with Crippen molar-refractivity contribution in [2.45, 2.75) is 24.0 Å². The van der Waals surface area contributed by atoms with Gasteiger partial charge in [-0.2, -0.15) is 13.2 Å². The van der Waals surface area contributed by atoms with Crippen LogP contribution in [0.1, 0.15) is 23.1 Å². The van der Waals surface area contributed by atoms with Crippen molar-refractivity contribution in [1.82, 2.24) is 14.6 Å². The zero-order valence-electron chi connectivity index (χ0n) is 22.8. The highest BCUT2D eigenvalue weighted by molar-refractivity contribution is 7.97. The zero-order valence-corrected chi connectivity index (χ0v) is 24.4. The molecular formula is C29H34ClF3N6OS. The van der Waals surface area contributed by atoms with E-state index < -0.39 is 11.7 Å². The van der Waals surface area contributed by atoms with Gasteiger partial charge >= 0.3 is 6.18 Å². The molecule has 0 amide bonds. The molecule has 0 saturated carbocycles. The number of nitrogens with one attached hydrogen (secondary N) is 2. The summed E-state index contributed by atoms with van der Waals surface area (Å²) in [7, 11) is 1.63. The lowest BCUT2D eigenvalue weighted by Crippen LogP contribution is -2.43. The maximum absolute atomic E-state index is 13.2. The molecule has 0 spiro atoms. The van der Waals surface area contributed by atoms with Crippen LogP contribution in [0.4, 0.5) is 24.7 Å². The van der Waals surface area contributed by atoms with Gasteiger partial charge < -0.3 is 26.0 Å². The first-order valence-corrected chi connectivity index (χ1v) is 14.4. The van der Waals surface area contributed by atoms with Gasteiger partial charge in [0.1, 0.15) is 16.7 Å². The third-order valence-corrected chi connectivity index (χ3v) is 7.87. The van der Waals surface area contributed by atoms with Gasteiger partial charge in [0.15, 0.2) is 0 Å². The first-order valence-electron chi connectivity index (χ1n) is 13.2. The number of nitrogens with zero attached hydrogens (tertiary/aromatic N) is 3. The molecule has 0 aliphatic carbocycles. The number of methoxy groups -OCH3 is 1. The van der Waals surface area contributed by atoms with Gasteiger partial charge in [-0.05, 0) is 72.9 Å². The van der Waals surface area contributed by atoms with Crippen molar-refractivity contribution in [2.75, 3.05) is 56.6 Å². The van der Waals surface area contributed by atoms with Crippen LogP contribution in [-0.4, -0.2) is 55.7 Å². The molecule has 7 nitrogen and oxygen atoms in total. The number of aromatic nitrogens is 1. The predicted molar refractivity (Wildman–Crippen MR) is 161 cm³/mol. The number of alkyl halides is 3. The zero-order chi connectivity index (χ0) is 29.4. The fourth-order valence-corrected chi connectivity index (χ4v) is 5.54. The molecule has 4 N–H and O–H groups in total. The molecule has 1 fully saturated rings. The van der Waals surface area contributed by atoms with E-state index in [1.54, 1.807) is 19.1 Å². The minimum absolute atomic E-state index is 0.171. The summed E-state index contributed by atoms with van der Waals surface area (Å²) in [5, 5.41) is 6.59. The van der Waals surface area contributed by atoms with Gasteiger partial charge in [-0.3, -0.25) is 0 Å². The molecule has 12 heteroatoms. The summed E-state index contributed by atoms with van der Waals surface area (Å²) in [5.41, 5.74) is 8.54. The van der Waals surface area contributed by atoms with Crippen molar-refractivity contribution in [3.8, 4) is 5.75 Å². The molecule has 2 aromatic carbocycles. The van der Waals surface area contributed by atoms with Crippen molar-refractivity contribution in [1.29, 1.82) is 0 Å². The summed E-state index contributed by atoms with van der Waals surface area (Å²) in [4.78, 5) is 6.86. The highest BCUT2D eigenvalue weighted by Crippen LogP contribution is 2.36. The molecule has 0 radical (unpaired) electrons. The summed E-state index contributed by atoms with van der Waals surface area (Å²) >= 11 is 7.43. The highest BCUT2D eigenvalue weighted by atomic mass is 35.5. The molecule has 2 heterocycles. The van der Waals surface area contributed by atoms with E-state index in [-0.39, 0.29) is 11.0 Å². The van der Waals surface area contributed by atoms with E-state index in [2.05, 4.69) is 38.6 Å². The SMILES string of the molecule is C=C(Nc1ccc(SN2CCN(c3cc(C(F)(F)F)cc(Cl)n3)CC2)c(OC)c1)c1cccc(CNCCCN)c1. The van der Waals surface area contributed by atoms with Gasteiger partial charge in [0.25, 0.3) is 0 Å². The molecule has 3 aromatic rings. The van der Waals surface area contributed by atoms with E-state index in [1.807, 2.05) is 35.2 Å². The Labute approximate surface area is 248 Å². The highest BCUT2D eigenvalue weighted by Gasteiger charge is 2.32. The van der Waals surface area contributed by atoms with Crippen LogP contribution in [0.3, 0.4) is 0 Å². The lowest BCUT2D eigenvalue weighted by molar-refractivity contribution is -0.137. The molecule has 1 saturated heterocycles. The van der Waals surface area contributed by atoms with E-state index >= 15 is 0 Å². The van der Waals surface area contributed by atoms with E-state index in [9.17, 15) is 13.2 Å². The molecule has 4 rings (SSSR count). The molecule has 41 heavy (non-hydrogen) atoms. The Kier molecular flexibility index (Phi) is 10.8. The Balaban J connectivity index is 1.34. The normalized spacial score (nSPS) is 14.2. The Morgan fingerprint density at radius 3 is 2.61 bits per heavy atom. The van der Waals surface area contributed by atoms with E-state index in [0.717, 1.165) is 53.5 Å². The summed E-state index contributed by atoms with van der Waals surface area (Å²) in [5.74, 6) is 0.940. The number of piperazine rings is 1. The number of pyridine rings is 1. The minimum atomic E-state index is -4.48. The van der Waals surface area contributed by atoms with Crippen molar-refractivity contribution >= 4 is 40.8 Å². The third-order valence-electron chi connectivity index (χ3n) is 6.52. The molecule has 1 aliphatic rings. The molecule has 1 aliphatic heterocycles. The van der Waals surface area contributed by atoms with Crippen molar-refractivity contribution < 1.29 is 17.9 Å². The largest absolute Gasteiger partial charge is 0.495 e. The number of anilines is 2. The molecule has 0 bridgehead atoms. The topological polar surface area (TPSA) is 78.7 Å². The second-order valence-corrected chi connectivity index (χ2v) is 11.1. The second-order valence-electron chi connectivity index (χ2n) is 9.53. The third kappa shape index (κ3) is 8.76. The number of nitrogens with two attached hydrogens (primary N) is 1. The van der Waals surface area contributed by atoms with Crippen LogP contribution in [-0.2, 0) is 12.7 Å². The maximum atomic E-state index is 13.2. The van der Waals surface area contributed by atoms with Gasteiger partial charge in [-0.25, -0.2) is 9.29 Å². The first-order chi connectivity index (χ1) is 19.7. The summed E-state index contributed by atoms with van der Waals surface area (Å²) in [6.07, 6.45) is -3.54. The molecule has 0 atom stereocenters. The van der Waals surface area contributed by atoms with Crippen LogP contribution in [0, 0.1) is 0 Å². The van der Waals surface area contributed by atoms with E-state index in [4.69, 9.17) is 22.1 Å². The average molecular weight is 607 g/mol. The smallest absolute Gasteiger partial charge is 0.416 e. The number of benzene rings is 2. The van der Waals surface area contributed by atoms with Crippen LogP contribution >= 0.6 is 23.5 Å². The predicted octanol–water partition coefficient (Wildman–Crippen LogP) is 6.11. The molecular weight excluding hydrogens is 573 g/mol. The first kappa shape index (κ1) is 31.0.